The molecule has 3 nitrogen and oxygen atoms in total. The Balaban J connectivity index is 2.59. The molecule has 1 aromatic carbocycles. The minimum atomic E-state index is -0.648. The van der Waals surface area contributed by atoms with Gasteiger partial charge in [-0.2, -0.15) is 0 Å². The lowest BCUT2D eigenvalue weighted by Gasteiger charge is -2.15. The van der Waals surface area contributed by atoms with Crippen molar-refractivity contribution in [2.75, 3.05) is 11.4 Å². The van der Waals surface area contributed by atoms with Crippen LogP contribution in [0.1, 0.15) is 10.4 Å². The molecule has 6 heteroatoms. The van der Waals surface area contributed by atoms with E-state index < -0.39 is 11.7 Å². The number of halogens is 3. The Bertz CT molecular complexity index is 540. The predicted molar refractivity (Wildman–Crippen MR) is 68.1 cm³/mol. The van der Waals surface area contributed by atoms with Gasteiger partial charge in [0.05, 0.1) is 21.3 Å². The summed E-state index contributed by atoms with van der Waals surface area (Å²) >= 11 is 17.3. The fourth-order valence-electron chi connectivity index (χ4n) is 1.67. The average molecular weight is 291 g/mol. The van der Waals surface area contributed by atoms with Gasteiger partial charge in [-0.3, -0.25) is 14.5 Å². The van der Waals surface area contributed by atoms with Crippen molar-refractivity contribution in [3.8, 4) is 0 Å². The van der Waals surface area contributed by atoms with Crippen molar-refractivity contribution in [2.24, 2.45) is 0 Å². The van der Waals surface area contributed by atoms with Gasteiger partial charge < -0.3 is 0 Å². The van der Waals surface area contributed by atoms with Gasteiger partial charge in [-0.05, 0) is 12.1 Å². The number of hydrogen-bond acceptors (Lipinski definition) is 2. The Hall–Kier alpha value is -1.03. The summed E-state index contributed by atoms with van der Waals surface area (Å²) < 4.78 is 0. The van der Waals surface area contributed by atoms with E-state index in [0.717, 1.165) is 0 Å². The summed E-state index contributed by atoms with van der Waals surface area (Å²) in [5.41, 5.74) is 1.78. The lowest BCUT2D eigenvalue weighted by Crippen LogP contribution is -2.29. The maximum Gasteiger partial charge on any atom is 0.299 e. The van der Waals surface area contributed by atoms with Gasteiger partial charge in [0, 0.05) is 12.1 Å². The predicted octanol–water partition coefficient (Wildman–Crippen LogP) is 3.28. The Morgan fingerprint density at radius 2 is 1.82 bits per heavy atom. The zero-order chi connectivity index (χ0) is 12.6. The highest BCUT2D eigenvalue weighted by Crippen LogP contribution is 2.39. The van der Waals surface area contributed by atoms with E-state index in [4.69, 9.17) is 34.8 Å². The van der Waals surface area contributed by atoms with Crippen LogP contribution in [-0.2, 0) is 4.79 Å². The molecule has 0 N–H and O–H groups in total. The lowest BCUT2D eigenvalue weighted by molar-refractivity contribution is -0.114. The van der Waals surface area contributed by atoms with Crippen LogP contribution in [0, 0.1) is 0 Å². The highest BCUT2D eigenvalue weighted by atomic mass is 35.5. The summed E-state index contributed by atoms with van der Waals surface area (Å²) in [7, 11) is 0. The smallest absolute Gasteiger partial charge is 0.299 e. The van der Waals surface area contributed by atoms with Crippen molar-refractivity contribution in [1.29, 1.82) is 0 Å². The second kappa shape index (κ2) is 4.69. The van der Waals surface area contributed by atoms with Crippen LogP contribution in [0.4, 0.5) is 5.69 Å². The molecule has 0 aliphatic carbocycles. The van der Waals surface area contributed by atoms with Crippen LogP contribution in [0.2, 0.25) is 10.0 Å². The largest absolute Gasteiger partial charge is 0.299 e. The van der Waals surface area contributed by atoms with Crippen molar-refractivity contribution >= 4 is 52.2 Å². The minimum absolute atomic E-state index is 0.159. The molecule has 1 heterocycles. The molecular formula is C11H6Cl3NO2. The van der Waals surface area contributed by atoms with Crippen molar-refractivity contribution in [3.05, 3.63) is 39.4 Å². The summed E-state index contributed by atoms with van der Waals surface area (Å²) in [6.07, 6.45) is 1.54. The van der Waals surface area contributed by atoms with Crippen LogP contribution in [0.25, 0.3) is 0 Å². The first-order chi connectivity index (χ1) is 8.07. The van der Waals surface area contributed by atoms with Gasteiger partial charge in [0.15, 0.2) is 0 Å². The molecule has 17 heavy (non-hydrogen) atoms. The highest BCUT2D eigenvalue weighted by molar-refractivity contribution is 6.57. The fraction of sp³-hybridized carbons (Fsp3) is 0.0909. The van der Waals surface area contributed by atoms with E-state index in [-0.39, 0.29) is 17.1 Å². The molecule has 0 bridgehead atoms. The molecule has 0 spiro atoms. The van der Waals surface area contributed by atoms with Gasteiger partial charge in [-0.25, -0.2) is 0 Å². The molecule has 0 saturated heterocycles. The number of benzene rings is 1. The van der Waals surface area contributed by atoms with Gasteiger partial charge in [0.25, 0.3) is 11.7 Å². The number of nitrogens with zero attached hydrogens (tertiary/aromatic N) is 1. The van der Waals surface area contributed by atoms with Crippen molar-refractivity contribution < 1.29 is 9.59 Å². The Labute approximate surface area is 113 Å². The van der Waals surface area contributed by atoms with E-state index in [0.29, 0.717) is 10.7 Å². The lowest BCUT2D eigenvalue weighted by atomic mass is 10.1. The van der Waals surface area contributed by atoms with Crippen LogP contribution < -0.4 is 4.90 Å². The first kappa shape index (κ1) is 12.4. The normalized spacial score (nSPS) is 14.9. The molecule has 0 fully saturated rings. The van der Waals surface area contributed by atoms with Crippen molar-refractivity contribution in [1.82, 2.24) is 0 Å². The number of fused-ring (bicyclic) bond motifs is 1. The number of ketones is 1. The minimum Gasteiger partial charge on any atom is -0.299 e. The number of rotatable bonds is 2. The molecule has 1 aromatic rings. The average Bonchev–Trinajstić information content (AvgIpc) is 2.56. The van der Waals surface area contributed by atoms with Gasteiger partial charge in [-0.15, -0.1) is 0 Å². The van der Waals surface area contributed by atoms with E-state index in [1.54, 1.807) is 12.1 Å². The monoisotopic (exact) mass is 289 g/mol. The molecule has 0 radical (unpaired) electrons. The van der Waals surface area contributed by atoms with Gasteiger partial charge in [0.1, 0.15) is 0 Å². The highest BCUT2D eigenvalue weighted by Gasteiger charge is 2.38. The first-order valence-corrected chi connectivity index (χ1v) is 5.86. The second-order valence-corrected chi connectivity index (χ2v) is 4.43. The van der Waals surface area contributed by atoms with Crippen LogP contribution in [0.3, 0.4) is 0 Å². The van der Waals surface area contributed by atoms with Gasteiger partial charge in [-0.1, -0.05) is 40.9 Å². The molecule has 2 rings (SSSR count). The summed E-state index contributed by atoms with van der Waals surface area (Å²) in [6.45, 7) is 0.182. The van der Waals surface area contributed by atoms with E-state index in [9.17, 15) is 9.59 Å². The Morgan fingerprint density at radius 1 is 1.18 bits per heavy atom. The topological polar surface area (TPSA) is 37.4 Å². The third kappa shape index (κ3) is 1.95. The molecule has 1 aliphatic rings. The van der Waals surface area contributed by atoms with E-state index in [2.05, 4.69) is 0 Å². The van der Waals surface area contributed by atoms with Crippen molar-refractivity contribution in [2.45, 2.75) is 0 Å². The third-order valence-electron chi connectivity index (χ3n) is 2.39. The second-order valence-electron chi connectivity index (χ2n) is 3.36. The van der Waals surface area contributed by atoms with Gasteiger partial charge in [0.2, 0.25) is 0 Å². The van der Waals surface area contributed by atoms with Gasteiger partial charge >= 0.3 is 0 Å². The molecule has 0 saturated carbocycles. The summed E-state index contributed by atoms with van der Waals surface area (Å²) in [5, 5.41) is 0.534. The first-order valence-electron chi connectivity index (χ1n) is 4.67. The van der Waals surface area contributed by atoms with Crippen LogP contribution in [-0.4, -0.2) is 18.2 Å². The quantitative estimate of drug-likeness (QED) is 0.784. The zero-order valence-electron chi connectivity index (χ0n) is 8.41. The third-order valence-corrected chi connectivity index (χ3v) is 3.19. The Morgan fingerprint density at radius 3 is 2.47 bits per heavy atom. The van der Waals surface area contributed by atoms with Crippen molar-refractivity contribution in [3.63, 3.8) is 0 Å². The standard InChI is InChI=1S/C11H6Cl3NO2/c12-4-1-5-15-9-7(14)3-2-6(13)8(9)10(16)11(15)17/h1-4H,5H2/b4-1+. The molecule has 88 valence electrons. The summed E-state index contributed by atoms with van der Waals surface area (Å²) in [6, 6.07) is 3.04. The summed E-state index contributed by atoms with van der Waals surface area (Å²) in [4.78, 5) is 24.8. The van der Waals surface area contributed by atoms with Crippen LogP contribution in [0.15, 0.2) is 23.7 Å². The molecule has 0 aromatic heterocycles. The molecule has 0 unspecified atom stereocenters. The van der Waals surface area contributed by atoms with E-state index in [1.807, 2.05) is 0 Å². The number of amides is 1. The molecule has 1 aliphatic heterocycles. The number of carbonyl (C=O) groups is 2. The molecular weight excluding hydrogens is 284 g/mol. The number of hydrogen-bond donors (Lipinski definition) is 0. The van der Waals surface area contributed by atoms with Crippen LogP contribution in [0.5, 0.6) is 0 Å². The maximum absolute atomic E-state index is 11.8. The molecule has 0 atom stereocenters. The number of carbonyl (C=O) groups excluding carboxylic acids is 2. The fourth-order valence-corrected chi connectivity index (χ4v) is 2.25. The summed E-state index contributed by atoms with van der Waals surface area (Å²) in [5.74, 6) is -1.29. The number of anilines is 1. The van der Waals surface area contributed by atoms with E-state index in [1.165, 1.54) is 16.5 Å². The maximum atomic E-state index is 11.8. The SMILES string of the molecule is O=C1C(=O)N(C/C=C/Cl)c2c(Cl)ccc(Cl)c21. The Kier molecular flexibility index (Phi) is 3.43. The van der Waals surface area contributed by atoms with E-state index >= 15 is 0 Å². The zero-order valence-corrected chi connectivity index (χ0v) is 10.7. The molecule has 1 amide bonds. The van der Waals surface area contributed by atoms with Crippen LogP contribution >= 0.6 is 34.8 Å². The number of Topliss-reactive ketones (excluding diaryl/α,β-unsaturated/α-hetero) is 1.